The van der Waals surface area contributed by atoms with Crippen molar-refractivity contribution in [1.82, 2.24) is 15.1 Å². The molecule has 1 aromatic rings. The molecule has 108 valence electrons. The van der Waals surface area contributed by atoms with E-state index in [0.717, 1.165) is 36.1 Å². The lowest BCUT2D eigenvalue weighted by atomic mass is 9.97. The van der Waals surface area contributed by atoms with Crippen LogP contribution in [0.3, 0.4) is 0 Å². The molecule has 1 aromatic heterocycles. The van der Waals surface area contributed by atoms with E-state index in [-0.39, 0.29) is 0 Å². The normalized spacial score (nSPS) is 16.8. The molecular formula is C15H26ClN3. The number of nitrogens with one attached hydrogen (secondary N) is 1. The largest absolute Gasteiger partial charge is 0.314 e. The molecule has 4 heteroatoms. The van der Waals surface area contributed by atoms with Crippen molar-refractivity contribution in [3.63, 3.8) is 0 Å². The zero-order valence-electron chi connectivity index (χ0n) is 12.4. The molecule has 0 amide bonds. The van der Waals surface area contributed by atoms with E-state index in [9.17, 15) is 0 Å². The fourth-order valence-corrected chi connectivity index (χ4v) is 2.99. The van der Waals surface area contributed by atoms with Crippen LogP contribution < -0.4 is 5.32 Å². The molecule has 0 aromatic carbocycles. The van der Waals surface area contributed by atoms with Crippen LogP contribution in [0.1, 0.15) is 50.9 Å². The smallest absolute Gasteiger partial charge is 0.0849 e. The zero-order chi connectivity index (χ0) is 13.8. The average molecular weight is 284 g/mol. The lowest BCUT2D eigenvalue weighted by molar-refractivity contribution is 0.427. The van der Waals surface area contributed by atoms with Gasteiger partial charge in [-0.25, -0.2) is 0 Å². The summed E-state index contributed by atoms with van der Waals surface area (Å²) in [4.78, 5) is 0. The molecule has 0 spiro atoms. The highest BCUT2D eigenvalue weighted by atomic mass is 35.5. The number of aryl methyl sites for hydroxylation is 2. The molecule has 0 radical (unpaired) electrons. The fourth-order valence-electron chi connectivity index (χ4n) is 2.62. The van der Waals surface area contributed by atoms with Crippen molar-refractivity contribution in [2.45, 2.75) is 58.4 Å². The van der Waals surface area contributed by atoms with Gasteiger partial charge in [0.1, 0.15) is 0 Å². The zero-order valence-corrected chi connectivity index (χ0v) is 13.1. The highest BCUT2D eigenvalue weighted by molar-refractivity contribution is 6.31. The van der Waals surface area contributed by atoms with Crippen LogP contribution in [0.5, 0.6) is 0 Å². The summed E-state index contributed by atoms with van der Waals surface area (Å²) in [6.45, 7) is 5.48. The Kier molecular flexibility index (Phi) is 5.28. The second-order valence-electron chi connectivity index (χ2n) is 5.73. The molecule has 3 nitrogen and oxygen atoms in total. The van der Waals surface area contributed by atoms with Crippen molar-refractivity contribution in [3.8, 4) is 0 Å². The van der Waals surface area contributed by atoms with Gasteiger partial charge in [-0.15, -0.1) is 0 Å². The van der Waals surface area contributed by atoms with Crippen LogP contribution in [-0.2, 0) is 19.9 Å². The van der Waals surface area contributed by atoms with Crippen LogP contribution in [0, 0.1) is 5.92 Å². The molecule has 19 heavy (non-hydrogen) atoms. The van der Waals surface area contributed by atoms with Crippen molar-refractivity contribution >= 4 is 11.6 Å². The van der Waals surface area contributed by atoms with E-state index in [0.29, 0.717) is 5.92 Å². The first-order valence-corrected chi connectivity index (χ1v) is 7.97. The summed E-state index contributed by atoms with van der Waals surface area (Å²) in [5.41, 5.74) is 2.24. The highest BCUT2D eigenvalue weighted by Gasteiger charge is 2.23. The molecule has 1 unspecified atom stereocenters. The van der Waals surface area contributed by atoms with Gasteiger partial charge < -0.3 is 5.32 Å². The Morgan fingerprint density at radius 1 is 1.42 bits per heavy atom. The Bertz CT molecular complexity index is 410. The molecule has 1 N–H and O–H groups in total. The Hall–Kier alpha value is -0.540. The molecule has 1 aliphatic rings. The third-order valence-corrected chi connectivity index (χ3v) is 4.39. The maximum atomic E-state index is 6.45. The van der Waals surface area contributed by atoms with Crippen LogP contribution in [0.4, 0.5) is 0 Å². The van der Waals surface area contributed by atoms with Crippen molar-refractivity contribution < 1.29 is 0 Å². The standard InChI is InChI=1S/C15H26ClN3/c1-4-6-11(10-17-12-7-8-12)9-14-15(16)13(5-2)18-19(14)3/h11-12,17H,4-10H2,1-3H3. The first-order valence-electron chi connectivity index (χ1n) is 7.59. The SMILES string of the molecule is CCCC(CNC1CC1)Cc1c(Cl)c(CC)nn1C. The van der Waals surface area contributed by atoms with E-state index in [1.165, 1.54) is 31.4 Å². The fraction of sp³-hybridized carbons (Fsp3) is 0.800. The summed E-state index contributed by atoms with van der Waals surface area (Å²) < 4.78 is 1.97. The van der Waals surface area contributed by atoms with Gasteiger partial charge in [-0.3, -0.25) is 4.68 Å². The van der Waals surface area contributed by atoms with Crippen LogP contribution in [0.2, 0.25) is 5.02 Å². The van der Waals surface area contributed by atoms with E-state index in [1.807, 2.05) is 11.7 Å². The lowest BCUT2D eigenvalue weighted by Crippen LogP contribution is -2.26. The molecule has 1 atom stereocenters. The van der Waals surface area contributed by atoms with Crippen LogP contribution in [0.25, 0.3) is 0 Å². The maximum Gasteiger partial charge on any atom is 0.0849 e. The van der Waals surface area contributed by atoms with Crippen molar-refractivity contribution in [2.75, 3.05) is 6.54 Å². The quantitative estimate of drug-likeness (QED) is 0.793. The Labute approximate surface area is 121 Å². The van der Waals surface area contributed by atoms with Gasteiger partial charge in [0.25, 0.3) is 0 Å². The van der Waals surface area contributed by atoms with Gasteiger partial charge in [0.15, 0.2) is 0 Å². The third kappa shape index (κ3) is 3.96. The minimum absolute atomic E-state index is 0.670. The van der Waals surface area contributed by atoms with Gasteiger partial charge in [-0.1, -0.05) is 31.9 Å². The summed E-state index contributed by atoms with van der Waals surface area (Å²) in [5, 5.41) is 9.05. The molecule has 1 saturated carbocycles. The molecule has 1 fully saturated rings. The van der Waals surface area contributed by atoms with Crippen molar-refractivity contribution in [1.29, 1.82) is 0 Å². The first kappa shape index (κ1) is 14.9. The van der Waals surface area contributed by atoms with Crippen LogP contribution in [0.15, 0.2) is 0 Å². The average Bonchev–Trinajstić information content (AvgIpc) is 3.18. The van der Waals surface area contributed by atoms with Gasteiger partial charge in [-0.05, 0) is 44.6 Å². The Morgan fingerprint density at radius 3 is 2.68 bits per heavy atom. The van der Waals surface area contributed by atoms with Crippen LogP contribution in [-0.4, -0.2) is 22.4 Å². The summed E-state index contributed by atoms with van der Waals surface area (Å²) in [6.07, 6.45) is 7.13. The second kappa shape index (κ2) is 6.76. The van der Waals surface area contributed by atoms with E-state index in [1.54, 1.807) is 0 Å². The topological polar surface area (TPSA) is 29.9 Å². The van der Waals surface area contributed by atoms with Gasteiger partial charge in [-0.2, -0.15) is 5.10 Å². The molecule has 0 saturated heterocycles. The Morgan fingerprint density at radius 2 is 2.16 bits per heavy atom. The van der Waals surface area contributed by atoms with Crippen molar-refractivity contribution in [2.24, 2.45) is 13.0 Å². The number of rotatable bonds is 8. The van der Waals surface area contributed by atoms with Gasteiger partial charge in [0.05, 0.1) is 16.4 Å². The Balaban J connectivity index is 2.00. The van der Waals surface area contributed by atoms with E-state index < -0.39 is 0 Å². The monoisotopic (exact) mass is 283 g/mol. The molecule has 1 heterocycles. The van der Waals surface area contributed by atoms with Gasteiger partial charge in [0, 0.05) is 13.1 Å². The minimum Gasteiger partial charge on any atom is -0.314 e. The molecular weight excluding hydrogens is 258 g/mol. The van der Waals surface area contributed by atoms with E-state index >= 15 is 0 Å². The highest BCUT2D eigenvalue weighted by Crippen LogP contribution is 2.25. The molecule has 0 aliphatic heterocycles. The van der Waals surface area contributed by atoms with E-state index in [2.05, 4.69) is 24.3 Å². The summed E-state index contributed by atoms with van der Waals surface area (Å²) in [6, 6.07) is 0.785. The number of nitrogens with zero attached hydrogens (tertiary/aromatic N) is 2. The predicted octanol–water partition coefficient (Wildman–Crippen LogP) is 3.35. The number of hydrogen-bond donors (Lipinski definition) is 1. The summed E-state index contributed by atoms with van der Waals surface area (Å²) in [7, 11) is 2.01. The molecule has 0 bridgehead atoms. The molecule has 2 rings (SSSR count). The lowest BCUT2D eigenvalue weighted by Gasteiger charge is -2.17. The second-order valence-corrected chi connectivity index (χ2v) is 6.10. The van der Waals surface area contributed by atoms with E-state index in [4.69, 9.17) is 11.6 Å². The van der Waals surface area contributed by atoms with Gasteiger partial charge in [0.2, 0.25) is 0 Å². The van der Waals surface area contributed by atoms with Crippen LogP contribution >= 0.6 is 11.6 Å². The maximum absolute atomic E-state index is 6.45. The summed E-state index contributed by atoms with van der Waals surface area (Å²) >= 11 is 6.45. The summed E-state index contributed by atoms with van der Waals surface area (Å²) in [5.74, 6) is 0.670. The number of halogens is 1. The molecule has 1 aliphatic carbocycles. The number of hydrogen-bond acceptors (Lipinski definition) is 2. The predicted molar refractivity (Wildman–Crippen MR) is 80.7 cm³/mol. The van der Waals surface area contributed by atoms with Crippen molar-refractivity contribution in [3.05, 3.63) is 16.4 Å². The minimum atomic E-state index is 0.670. The number of aromatic nitrogens is 2. The third-order valence-electron chi connectivity index (χ3n) is 3.95. The van der Waals surface area contributed by atoms with Gasteiger partial charge >= 0.3 is 0 Å². The first-order chi connectivity index (χ1) is 9.15.